The molecule has 1 fully saturated rings. The second-order valence-corrected chi connectivity index (χ2v) is 7.18. The number of aromatic amines is 1. The highest BCUT2D eigenvalue weighted by Crippen LogP contribution is 2.32. The number of fused-ring (bicyclic) bond motifs is 1. The van der Waals surface area contributed by atoms with Crippen molar-refractivity contribution in [1.82, 2.24) is 15.2 Å². The second-order valence-electron chi connectivity index (χ2n) is 7.18. The van der Waals surface area contributed by atoms with Gasteiger partial charge in [0.15, 0.2) is 0 Å². The molecule has 2 N–H and O–H groups in total. The molecular weight excluding hydrogens is 298 g/mol. The van der Waals surface area contributed by atoms with Gasteiger partial charge in [-0.2, -0.15) is 0 Å². The molecule has 2 aliphatic rings. The van der Waals surface area contributed by atoms with E-state index >= 15 is 0 Å². The highest BCUT2D eigenvalue weighted by Gasteiger charge is 2.22. The fourth-order valence-electron chi connectivity index (χ4n) is 3.62. The number of aromatic nitrogens is 1. The molecule has 4 nitrogen and oxygen atoms in total. The lowest BCUT2D eigenvalue weighted by atomic mass is 10.0. The number of benzene rings is 1. The quantitative estimate of drug-likeness (QED) is 0.853. The van der Waals surface area contributed by atoms with Crippen LogP contribution in [0.25, 0.3) is 10.9 Å². The average Bonchev–Trinajstić information content (AvgIpc) is 3.30. The van der Waals surface area contributed by atoms with Crippen LogP contribution in [0.3, 0.4) is 0 Å². The minimum Gasteiger partial charge on any atom is -0.496 e. The molecule has 4 rings (SSSR count). The summed E-state index contributed by atoms with van der Waals surface area (Å²) in [5.41, 5.74) is 5.19. The Hall–Kier alpha value is -1.94. The average molecular weight is 325 g/mol. The molecule has 1 aliphatic heterocycles. The topological polar surface area (TPSA) is 40.3 Å². The summed E-state index contributed by atoms with van der Waals surface area (Å²) in [6.07, 6.45) is 8.33. The van der Waals surface area contributed by atoms with Gasteiger partial charge < -0.3 is 15.0 Å². The predicted molar refractivity (Wildman–Crippen MR) is 98.3 cm³/mol. The molecule has 1 aromatic heterocycles. The largest absolute Gasteiger partial charge is 0.496 e. The molecule has 1 saturated carbocycles. The maximum atomic E-state index is 5.67. The minimum absolute atomic E-state index is 0.933. The van der Waals surface area contributed by atoms with Crippen LogP contribution in [-0.2, 0) is 6.54 Å². The van der Waals surface area contributed by atoms with Gasteiger partial charge in [-0.05, 0) is 49.8 Å². The Bertz CT molecular complexity index is 758. The standard InChI is InChI=1S/C20H27N3O/c1-14-11-19(24-2)18(17-5-8-21-20(14)17)13-23-9-6-16(7-10-23)22-12-15-3-4-15/h5-6,8,11,15,21-22H,3-4,7,9-10,12-13H2,1-2H3. The van der Waals surface area contributed by atoms with E-state index in [0.717, 1.165) is 37.7 Å². The van der Waals surface area contributed by atoms with Crippen molar-refractivity contribution >= 4 is 10.9 Å². The van der Waals surface area contributed by atoms with Crippen LogP contribution >= 0.6 is 0 Å². The number of methoxy groups -OCH3 is 1. The molecule has 1 aliphatic carbocycles. The molecular formula is C20H27N3O. The molecule has 1 aromatic carbocycles. The van der Waals surface area contributed by atoms with Gasteiger partial charge in [0.1, 0.15) is 5.75 Å². The lowest BCUT2D eigenvalue weighted by molar-refractivity contribution is 0.277. The van der Waals surface area contributed by atoms with Gasteiger partial charge in [0.25, 0.3) is 0 Å². The van der Waals surface area contributed by atoms with Gasteiger partial charge in [0, 0.05) is 54.5 Å². The molecule has 0 radical (unpaired) electrons. The molecule has 0 unspecified atom stereocenters. The fourth-order valence-corrected chi connectivity index (χ4v) is 3.62. The zero-order chi connectivity index (χ0) is 16.5. The van der Waals surface area contributed by atoms with E-state index < -0.39 is 0 Å². The van der Waals surface area contributed by atoms with Crippen molar-refractivity contribution in [2.75, 3.05) is 26.7 Å². The summed E-state index contributed by atoms with van der Waals surface area (Å²) in [5.74, 6) is 1.93. The van der Waals surface area contributed by atoms with Crippen molar-refractivity contribution in [2.24, 2.45) is 5.92 Å². The first kappa shape index (κ1) is 15.6. The minimum atomic E-state index is 0.933. The summed E-state index contributed by atoms with van der Waals surface area (Å²) in [5, 5.41) is 4.91. The van der Waals surface area contributed by atoms with Gasteiger partial charge in [0.05, 0.1) is 7.11 Å². The maximum Gasteiger partial charge on any atom is 0.124 e. The van der Waals surface area contributed by atoms with E-state index in [1.54, 1.807) is 7.11 Å². The van der Waals surface area contributed by atoms with Crippen LogP contribution in [-0.4, -0.2) is 36.6 Å². The van der Waals surface area contributed by atoms with Crippen molar-refractivity contribution in [1.29, 1.82) is 0 Å². The zero-order valence-corrected chi connectivity index (χ0v) is 14.7. The second kappa shape index (κ2) is 6.52. The Kier molecular flexibility index (Phi) is 4.23. The van der Waals surface area contributed by atoms with Crippen molar-refractivity contribution < 1.29 is 4.74 Å². The van der Waals surface area contributed by atoms with E-state index in [0.29, 0.717) is 0 Å². The third kappa shape index (κ3) is 3.16. The Morgan fingerprint density at radius 3 is 2.96 bits per heavy atom. The molecule has 2 aromatic rings. The maximum absolute atomic E-state index is 5.67. The van der Waals surface area contributed by atoms with Gasteiger partial charge in [0.2, 0.25) is 0 Å². The molecule has 24 heavy (non-hydrogen) atoms. The van der Waals surface area contributed by atoms with Crippen LogP contribution in [0.15, 0.2) is 30.1 Å². The predicted octanol–water partition coefficient (Wildman–Crippen LogP) is 3.57. The first-order chi connectivity index (χ1) is 11.7. The summed E-state index contributed by atoms with van der Waals surface area (Å²) in [7, 11) is 1.77. The lowest BCUT2D eigenvalue weighted by Gasteiger charge is -2.28. The molecule has 0 saturated heterocycles. The molecule has 4 heteroatoms. The van der Waals surface area contributed by atoms with Crippen LogP contribution < -0.4 is 10.1 Å². The van der Waals surface area contributed by atoms with E-state index in [4.69, 9.17) is 4.74 Å². The van der Waals surface area contributed by atoms with Gasteiger partial charge in [-0.25, -0.2) is 0 Å². The Morgan fingerprint density at radius 2 is 2.25 bits per heavy atom. The van der Waals surface area contributed by atoms with Gasteiger partial charge in [-0.15, -0.1) is 0 Å². The van der Waals surface area contributed by atoms with E-state index in [-0.39, 0.29) is 0 Å². The number of H-pyrrole nitrogens is 1. The van der Waals surface area contributed by atoms with Crippen molar-refractivity contribution in [3.05, 3.63) is 41.2 Å². The monoisotopic (exact) mass is 325 g/mol. The first-order valence-corrected chi connectivity index (χ1v) is 9.03. The smallest absolute Gasteiger partial charge is 0.124 e. The first-order valence-electron chi connectivity index (χ1n) is 9.03. The Morgan fingerprint density at radius 1 is 1.38 bits per heavy atom. The highest BCUT2D eigenvalue weighted by molar-refractivity contribution is 5.88. The van der Waals surface area contributed by atoms with Crippen molar-refractivity contribution in [3.8, 4) is 5.75 Å². The van der Waals surface area contributed by atoms with E-state index in [1.807, 2.05) is 6.20 Å². The van der Waals surface area contributed by atoms with Crippen LogP contribution in [0.4, 0.5) is 0 Å². The normalized spacial score (nSPS) is 18.7. The highest BCUT2D eigenvalue weighted by atomic mass is 16.5. The third-order valence-electron chi connectivity index (χ3n) is 5.32. The summed E-state index contributed by atoms with van der Waals surface area (Å²) in [6, 6.07) is 4.32. The number of hydrogen-bond acceptors (Lipinski definition) is 3. The zero-order valence-electron chi connectivity index (χ0n) is 14.7. The Balaban J connectivity index is 1.48. The number of ether oxygens (including phenoxy) is 1. The van der Waals surface area contributed by atoms with Gasteiger partial charge >= 0.3 is 0 Å². The molecule has 0 atom stereocenters. The SMILES string of the molecule is COc1cc(C)c2[nH]ccc2c1CN1CC=C(NCC2CC2)CC1. The summed E-state index contributed by atoms with van der Waals surface area (Å²) >= 11 is 0. The summed E-state index contributed by atoms with van der Waals surface area (Å²) < 4.78 is 5.67. The fraction of sp³-hybridized carbons (Fsp3) is 0.500. The number of nitrogens with zero attached hydrogens (tertiary/aromatic N) is 1. The molecule has 0 spiro atoms. The van der Waals surface area contributed by atoms with Crippen molar-refractivity contribution in [2.45, 2.75) is 32.7 Å². The van der Waals surface area contributed by atoms with E-state index in [2.05, 4.69) is 40.3 Å². The Labute approximate surface area is 143 Å². The van der Waals surface area contributed by atoms with E-state index in [1.165, 1.54) is 47.1 Å². The summed E-state index contributed by atoms with van der Waals surface area (Å²) in [4.78, 5) is 5.86. The molecule has 128 valence electrons. The molecule has 2 heterocycles. The number of hydrogen-bond donors (Lipinski definition) is 2. The lowest BCUT2D eigenvalue weighted by Crippen LogP contribution is -2.32. The number of rotatable bonds is 6. The molecule has 0 amide bonds. The van der Waals surface area contributed by atoms with Crippen LogP contribution in [0, 0.1) is 12.8 Å². The van der Waals surface area contributed by atoms with Crippen LogP contribution in [0.5, 0.6) is 5.75 Å². The molecule has 0 bridgehead atoms. The van der Waals surface area contributed by atoms with Crippen molar-refractivity contribution in [3.63, 3.8) is 0 Å². The van der Waals surface area contributed by atoms with E-state index in [9.17, 15) is 0 Å². The van der Waals surface area contributed by atoms with Crippen LogP contribution in [0.1, 0.15) is 30.4 Å². The third-order valence-corrected chi connectivity index (χ3v) is 5.32. The van der Waals surface area contributed by atoms with Gasteiger partial charge in [-0.1, -0.05) is 6.08 Å². The number of aryl methyl sites for hydroxylation is 1. The van der Waals surface area contributed by atoms with Crippen LogP contribution in [0.2, 0.25) is 0 Å². The number of nitrogens with one attached hydrogen (secondary N) is 2. The van der Waals surface area contributed by atoms with Gasteiger partial charge in [-0.3, -0.25) is 4.90 Å². The summed E-state index contributed by atoms with van der Waals surface area (Å²) in [6.45, 7) is 6.35.